The lowest BCUT2D eigenvalue weighted by molar-refractivity contribution is -0.120. The predicted octanol–water partition coefficient (Wildman–Crippen LogP) is 5.37. The van der Waals surface area contributed by atoms with E-state index >= 15 is 0 Å². The number of amides is 1. The lowest BCUT2D eigenvalue weighted by Crippen LogP contribution is -2.31. The van der Waals surface area contributed by atoms with E-state index in [1.807, 2.05) is 73.7 Å². The Bertz CT molecular complexity index is 1570. The van der Waals surface area contributed by atoms with Crippen molar-refractivity contribution in [2.24, 2.45) is 0 Å². The number of furan rings is 1. The first kappa shape index (κ1) is 25.4. The van der Waals surface area contributed by atoms with Crippen LogP contribution in [-0.4, -0.2) is 21.3 Å². The molecule has 2 heterocycles. The number of benzene rings is 3. The van der Waals surface area contributed by atoms with Gasteiger partial charge in [0.1, 0.15) is 23.2 Å². The molecule has 0 aliphatic rings. The largest absolute Gasteiger partial charge is 0.458 e. The summed E-state index contributed by atoms with van der Waals surface area (Å²) in [6.45, 7) is 5.48. The molecule has 0 aliphatic heterocycles. The predicted molar refractivity (Wildman–Crippen MR) is 143 cm³/mol. The van der Waals surface area contributed by atoms with Crippen molar-refractivity contribution in [1.29, 1.82) is 0 Å². The summed E-state index contributed by atoms with van der Waals surface area (Å²) in [6.07, 6.45) is -0.813. The molecule has 2 unspecified atom stereocenters. The van der Waals surface area contributed by atoms with Crippen molar-refractivity contribution >= 4 is 16.9 Å². The number of aromatic nitrogens is 1. The van der Waals surface area contributed by atoms with Gasteiger partial charge in [0, 0.05) is 5.39 Å². The normalized spacial score (nSPS) is 13.0. The molecule has 194 valence electrons. The standard InChI is InChI=1S/C31H30N2O5/c1-18-13-22(17-34)9-11-25(18)30(23-7-5-4-6-8-23)32-28(35)15-21-10-12-26-24(14-21)16-27(37-26)31(36)29-19(2)33-38-20(29)3/h4-14,16,30-31,34,36H,15,17H2,1-3H3,(H,32,35). The van der Waals surface area contributed by atoms with Crippen molar-refractivity contribution < 1.29 is 23.9 Å². The maximum Gasteiger partial charge on any atom is 0.225 e. The minimum atomic E-state index is -0.993. The summed E-state index contributed by atoms with van der Waals surface area (Å²) in [5, 5.41) is 28.3. The van der Waals surface area contributed by atoms with Gasteiger partial charge in [-0.1, -0.05) is 59.8 Å². The average Bonchev–Trinajstić information content (AvgIpc) is 3.49. The van der Waals surface area contributed by atoms with E-state index in [-0.39, 0.29) is 25.0 Å². The highest BCUT2D eigenvalue weighted by atomic mass is 16.5. The van der Waals surface area contributed by atoms with E-state index in [4.69, 9.17) is 8.94 Å². The summed E-state index contributed by atoms with van der Waals surface area (Å²) >= 11 is 0. The molecule has 2 aromatic heterocycles. The minimum Gasteiger partial charge on any atom is -0.458 e. The zero-order valence-electron chi connectivity index (χ0n) is 21.6. The van der Waals surface area contributed by atoms with E-state index < -0.39 is 6.10 Å². The Balaban J connectivity index is 1.37. The van der Waals surface area contributed by atoms with Crippen LogP contribution >= 0.6 is 0 Å². The van der Waals surface area contributed by atoms with Gasteiger partial charge in [-0.15, -0.1) is 0 Å². The number of aliphatic hydroxyl groups excluding tert-OH is 2. The van der Waals surface area contributed by atoms with Gasteiger partial charge in [-0.3, -0.25) is 4.79 Å². The molecule has 3 N–H and O–H groups in total. The first-order chi connectivity index (χ1) is 18.3. The van der Waals surface area contributed by atoms with Crippen LogP contribution in [0.3, 0.4) is 0 Å². The van der Waals surface area contributed by atoms with Crippen LogP contribution in [0.2, 0.25) is 0 Å². The fourth-order valence-corrected chi connectivity index (χ4v) is 4.92. The molecule has 38 heavy (non-hydrogen) atoms. The fourth-order valence-electron chi connectivity index (χ4n) is 4.92. The van der Waals surface area contributed by atoms with Crippen LogP contribution in [0.15, 0.2) is 81.7 Å². The van der Waals surface area contributed by atoms with Crippen molar-refractivity contribution in [3.63, 3.8) is 0 Å². The van der Waals surface area contributed by atoms with Gasteiger partial charge >= 0.3 is 0 Å². The topological polar surface area (TPSA) is 109 Å². The van der Waals surface area contributed by atoms with Gasteiger partial charge in [0.2, 0.25) is 5.91 Å². The fraction of sp³-hybridized carbons (Fsp3) is 0.226. The molecule has 1 amide bonds. The lowest BCUT2D eigenvalue weighted by Gasteiger charge is -2.22. The van der Waals surface area contributed by atoms with Gasteiger partial charge in [-0.25, -0.2) is 0 Å². The summed E-state index contributed by atoms with van der Waals surface area (Å²) in [4.78, 5) is 13.3. The minimum absolute atomic E-state index is 0.0309. The van der Waals surface area contributed by atoms with Crippen molar-refractivity contribution in [3.05, 3.63) is 123 Å². The molecule has 0 fully saturated rings. The quantitative estimate of drug-likeness (QED) is 0.259. The molecule has 5 rings (SSSR count). The number of aliphatic hydroxyl groups is 2. The molecule has 0 saturated carbocycles. The summed E-state index contributed by atoms with van der Waals surface area (Å²) in [5.41, 5.74) is 6.44. The Kier molecular flexibility index (Phi) is 7.13. The molecular formula is C31H30N2O5. The van der Waals surface area contributed by atoms with Crippen LogP contribution in [0.4, 0.5) is 0 Å². The number of carbonyl (C=O) groups excluding carboxylic acids is 1. The van der Waals surface area contributed by atoms with Crippen LogP contribution in [0.5, 0.6) is 0 Å². The number of nitrogens with zero attached hydrogens (tertiary/aromatic N) is 1. The van der Waals surface area contributed by atoms with Crippen LogP contribution in [0, 0.1) is 20.8 Å². The molecule has 0 aliphatic carbocycles. The summed E-state index contributed by atoms with van der Waals surface area (Å²) in [6, 6.07) is 22.7. The third-order valence-electron chi connectivity index (χ3n) is 6.86. The zero-order chi connectivity index (χ0) is 26.8. The number of hydrogen-bond donors (Lipinski definition) is 3. The van der Waals surface area contributed by atoms with Crippen molar-refractivity contribution in [2.45, 2.75) is 45.9 Å². The van der Waals surface area contributed by atoms with E-state index in [0.29, 0.717) is 28.4 Å². The maximum absolute atomic E-state index is 13.3. The van der Waals surface area contributed by atoms with Crippen LogP contribution in [0.25, 0.3) is 11.0 Å². The first-order valence-electron chi connectivity index (χ1n) is 12.5. The molecular weight excluding hydrogens is 480 g/mol. The molecule has 7 nitrogen and oxygen atoms in total. The molecule has 5 aromatic rings. The van der Waals surface area contributed by atoms with Gasteiger partial charge in [-0.05, 0) is 66.8 Å². The van der Waals surface area contributed by atoms with Crippen LogP contribution in [-0.2, 0) is 17.8 Å². The number of nitrogens with one attached hydrogen (secondary N) is 1. The number of aryl methyl sites for hydroxylation is 3. The number of fused-ring (bicyclic) bond motifs is 1. The van der Waals surface area contributed by atoms with Gasteiger partial charge in [-0.2, -0.15) is 0 Å². The molecule has 0 bridgehead atoms. The van der Waals surface area contributed by atoms with Crippen molar-refractivity contribution in [1.82, 2.24) is 10.5 Å². The zero-order valence-corrected chi connectivity index (χ0v) is 21.6. The molecule has 3 aromatic carbocycles. The van der Waals surface area contributed by atoms with E-state index in [9.17, 15) is 15.0 Å². The molecule has 2 atom stereocenters. The number of hydrogen-bond acceptors (Lipinski definition) is 6. The van der Waals surface area contributed by atoms with Gasteiger partial charge in [0.05, 0.1) is 30.3 Å². The third kappa shape index (κ3) is 5.11. The van der Waals surface area contributed by atoms with E-state index in [0.717, 1.165) is 33.2 Å². The average molecular weight is 511 g/mol. The van der Waals surface area contributed by atoms with Gasteiger partial charge in [0.15, 0.2) is 0 Å². The Morgan fingerprint density at radius 2 is 1.74 bits per heavy atom. The third-order valence-corrected chi connectivity index (χ3v) is 6.86. The highest BCUT2D eigenvalue weighted by molar-refractivity contribution is 5.83. The highest BCUT2D eigenvalue weighted by Crippen LogP contribution is 2.32. The number of carbonyl (C=O) groups is 1. The lowest BCUT2D eigenvalue weighted by atomic mass is 9.93. The second-order valence-electron chi connectivity index (χ2n) is 9.60. The Labute approximate surface area is 220 Å². The van der Waals surface area contributed by atoms with E-state index in [2.05, 4.69) is 10.5 Å². The van der Waals surface area contributed by atoms with Crippen molar-refractivity contribution in [3.8, 4) is 0 Å². The monoisotopic (exact) mass is 510 g/mol. The highest BCUT2D eigenvalue weighted by Gasteiger charge is 2.24. The Morgan fingerprint density at radius 3 is 2.42 bits per heavy atom. The smallest absolute Gasteiger partial charge is 0.225 e. The molecule has 0 spiro atoms. The summed E-state index contributed by atoms with van der Waals surface area (Å²) < 4.78 is 11.1. The second-order valence-corrected chi connectivity index (χ2v) is 9.60. The molecule has 7 heteroatoms. The Hall–Kier alpha value is -4.20. The van der Waals surface area contributed by atoms with Gasteiger partial charge < -0.3 is 24.5 Å². The Morgan fingerprint density at radius 1 is 0.974 bits per heavy atom. The molecule has 0 saturated heterocycles. The second kappa shape index (κ2) is 10.7. The molecule has 0 radical (unpaired) electrons. The SMILES string of the molecule is Cc1cc(CO)ccc1C(NC(=O)Cc1ccc2oc(C(O)c3c(C)noc3C)cc2c1)c1ccccc1. The van der Waals surface area contributed by atoms with E-state index in [1.54, 1.807) is 19.9 Å². The van der Waals surface area contributed by atoms with Crippen LogP contribution < -0.4 is 5.32 Å². The van der Waals surface area contributed by atoms with Gasteiger partial charge in [0.25, 0.3) is 0 Å². The first-order valence-corrected chi connectivity index (χ1v) is 12.5. The summed E-state index contributed by atoms with van der Waals surface area (Å²) in [7, 11) is 0. The van der Waals surface area contributed by atoms with Crippen LogP contribution in [0.1, 0.15) is 62.7 Å². The number of rotatable bonds is 8. The van der Waals surface area contributed by atoms with E-state index in [1.165, 1.54) is 0 Å². The maximum atomic E-state index is 13.3. The summed E-state index contributed by atoms with van der Waals surface area (Å²) in [5.74, 6) is 0.812. The van der Waals surface area contributed by atoms with Crippen molar-refractivity contribution in [2.75, 3.05) is 0 Å².